The number of rotatable bonds is 5. The van der Waals surface area contributed by atoms with E-state index < -0.39 is 0 Å². The van der Waals surface area contributed by atoms with Gasteiger partial charge < -0.3 is 10.1 Å². The molecular weight excluding hydrogens is 258 g/mol. The summed E-state index contributed by atoms with van der Waals surface area (Å²) >= 11 is 0. The van der Waals surface area contributed by atoms with Crippen molar-refractivity contribution in [3.8, 4) is 0 Å². The fourth-order valence-electron chi connectivity index (χ4n) is 3.68. The maximum absolute atomic E-state index is 5.31. The van der Waals surface area contributed by atoms with Crippen LogP contribution in [0.15, 0.2) is 24.3 Å². The van der Waals surface area contributed by atoms with Crippen molar-refractivity contribution in [1.82, 2.24) is 5.32 Å². The molecule has 1 aliphatic carbocycles. The molecule has 0 amide bonds. The Hall–Kier alpha value is -0.860. The summed E-state index contributed by atoms with van der Waals surface area (Å²) in [6.07, 6.45) is 5.43. The molecule has 1 aliphatic rings. The molecule has 0 radical (unpaired) electrons. The van der Waals surface area contributed by atoms with Crippen molar-refractivity contribution < 1.29 is 4.74 Å². The summed E-state index contributed by atoms with van der Waals surface area (Å²) in [5.41, 5.74) is 3.07. The highest BCUT2D eigenvalue weighted by molar-refractivity contribution is 5.26. The van der Waals surface area contributed by atoms with Crippen molar-refractivity contribution in [2.45, 2.75) is 65.6 Å². The lowest BCUT2D eigenvalue weighted by Crippen LogP contribution is -2.44. The predicted molar refractivity (Wildman–Crippen MR) is 89.2 cm³/mol. The summed E-state index contributed by atoms with van der Waals surface area (Å²) in [5, 5.41) is 3.84. The van der Waals surface area contributed by atoms with Crippen LogP contribution in [-0.4, -0.2) is 13.2 Å². The molecule has 0 saturated heterocycles. The van der Waals surface area contributed by atoms with Crippen molar-refractivity contribution in [1.29, 1.82) is 0 Å². The molecule has 1 saturated carbocycles. The zero-order valence-electron chi connectivity index (χ0n) is 14.1. The van der Waals surface area contributed by atoms with Gasteiger partial charge in [-0.15, -0.1) is 0 Å². The summed E-state index contributed by atoms with van der Waals surface area (Å²) in [7, 11) is 1.76. The smallest absolute Gasteiger partial charge is 0.0716 e. The van der Waals surface area contributed by atoms with Crippen LogP contribution in [0.3, 0.4) is 0 Å². The topological polar surface area (TPSA) is 21.3 Å². The van der Waals surface area contributed by atoms with E-state index in [0.717, 1.165) is 12.5 Å². The average molecular weight is 289 g/mol. The van der Waals surface area contributed by atoms with Crippen LogP contribution in [0.4, 0.5) is 0 Å². The number of ether oxygens (including phenoxy) is 1. The third-order valence-corrected chi connectivity index (χ3v) is 4.85. The Morgan fingerprint density at radius 3 is 2.43 bits per heavy atom. The van der Waals surface area contributed by atoms with Crippen molar-refractivity contribution in [3.63, 3.8) is 0 Å². The third kappa shape index (κ3) is 4.55. The van der Waals surface area contributed by atoms with Crippen LogP contribution in [0, 0.1) is 11.3 Å². The van der Waals surface area contributed by atoms with Gasteiger partial charge in [-0.1, -0.05) is 57.9 Å². The Morgan fingerprint density at radius 1 is 1.10 bits per heavy atom. The molecule has 1 aromatic carbocycles. The van der Waals surface area contributed by atoms with Gasteiger partial charge in [-0.3, -0.25) is 0 Å². The lowest BCUT2D eigenvalue weighted by atomic mass is 9.69. The molecule has 0 heterocycles. The normalized spacial score (nSPS) is 23.2. The maximum Gasteiger partial charge on any atom is 0.0716 e. The molecular formula is C19H31NO. The minimum absolute atomic E-state index is 0.393. The largest absolute Gasteiger partial charge is 0.380 e. The van der Waals surface area contributed by atoms with Gasteiger partial charge in [-0.25, -0.2) is 0 Å². The molecule has 21 heavy (non-hydrogen) atoms. The number of methoxy groups -OCH3 is 1. The number of hydrogen-bond acceptors (Lipinski definition) is 2. The van der Waals surface area contributed by atoms with Gasteiger partial charge in [0.15, 0.2) is 0 Å². The molecule has 0 aromatic heterocycles. The molecule has 0 aliphatic heterocycles. The summed E-state index contributed by atoms with van der Waals surface area (Å²) in [6, 6.07) is 9.25. The maximum atomic E-state index is 5.31. The van der Waals surface area contributed by atoms with Crippen LogP contribution in [-0.2, 0) is 17.9 Å². The second-order valence-electron chi connectivity index (χ2n) is 7.45. The zero-order valence-corrected chi connectivity index (χ0v) is 14.1. The van der Waals surface area contributed by atoms with Crippen LogP contribution < -0.4 is 5.32 Å². The fraction of sp³-hybridized carbons (Fsp3) is 0.684. The Labute approximate surface area is 130 Å². The van der Waals surface area contributed by atoms with E-state index >= 15 is 0 Å². The molecule has 0 spiro atoms. The summed E-state index contributed by atoms with van der Waals surface area (Å²) < 4.78 is 5.31. The van der Waals surface area contributed by atoms with E-state index in [-0.39, 0.29) is 0 Å². The standard InChI is InChI=1S/C19H31NO/c1-19(2,3)17-11-7-8-12-18(17)20-13-15-9-5-6-10-16(15)14-21-4/h5-6,9-10,17-18,20H,7-8,11-14H2,1-4H3. The van der Waals surface area contributed by atoms with E-state index in [9.17, 15) is 0 Å². The third-order valence-electron chi connectivity index (χ3n) is 4.85. The van der Waals surface area contributed by atoms with Crippen LogP contribution >= 0.6 is 0 Å². The van der Waals surface area contributed by atoms with Gasteiger partial charge in [-0.05, 0) is 35.3 Å². The quantitative estimate of drug-likeness (QED) is 0.860. The van der Waals surface area contributed by atoms with Crippen molar-refractivity contribution in [3.05, 3.63) is 35.4 Å². The van der Waals surface area contributed by atoms with Crippen molar-refractivity contribution in [2.75, 3.05) is 7.11 Å². The molecule has 1 fully saturated rings. The molecule has 1 N–H and O–H groups in total. The lowest BCUT2D eigenvalue weighted by Gasteiger charge is -2.41. The fourth-order valence-corrected chi connectivity index (χ4v) is 3.68. The first-order valence-corrected chi connectivity index (χ1v) is 8.31. The van der Waals surface area contributed by atoms with E-state index in [1.807, 2.05) is 0 Å². The SMILES string of the molecule is COCc1ccccc1CNC1CCCCC1C(C)(C)C. The first-order chi connectivity index (χ1) is 10.0. The van der Waals surface area contributed by atoms with Crippen molar-refractivity contribution >= 4 is 0 Å². The Bertz CT molecular complexity index is 435. The highest BCUT2D eigenvalue weighted by atomic mass is 16.5. The molecule has 0 bridgehead atoms. The van der Waals surface area contributed by atoms with Crippen LogP contribution in [0.2, 0.25) is 0 Å². The summed E-state index contributed by atoms with van der Waals surface area (Å²) in [4.78, 5) is 0. The minimum atomic E-state index is 0.393. The second kappa shape index (κ2) is 7.42. The van der Waals surface area contributed by atoms with E-state index in [1.165, 1.54) is 36.8 Å². The zero-order chi connectivity index (χ0) is 15.3. The molecule has 118 valence electrons. The van der Waals surface area contributed by atoms with Gasteiger partial charge in [0.2, 0.25) is 0 Å². The number of benzene rings is 1. The first kappa shape index (κ1) is 16.5. The predicted octanol–water partition coefficient (Wildman–Crippen LogP) is 4.53. The second-order valence-corrected chi connectivity index (χ2v) is 7.45. The highest BCUT2D eigenvalue weighted by Crippen LogP contribution is 2.38. The van der Waals surface area contributed by atoms with Gasteiger partial charge in [-0.2, -0.15) is 0 Å². The van der Waals surface area contributed by atoms with Crippen molar-refractivity contribution in [2.24, 2.45) is 11.3 Å². The summed E-state index contributed by atoms with van der Waals surface area (Å²) in [6.45, 7) is 8.81. The molecule has 1 aromatic rings. The Morgan fingerprint density at radius 2 is 1.76 bits per heavy atom. The van der Waals surface area contributed by atoms with Gasteiger partial charge in [0.05, 0.1) is 6.61 Å². The van der Waals surface area contributed by atoms with E-state index in [4.69, 9.17) is 4.74 Å². The van der Waals surface area contributed by atoms with Gasteiger partial charge in [0.1, 0.15) is 0 Å². The monoisotopic (exact) mass is 289 g/mol. The molecule has 2 nitrogen and oxygen atoms in total. The Balaban J connectivity index is 2.01. The van der Waals surface area contributed by atoms with Crippen LogP contribution in [0.25, 0.3) is 0 Å². The average Bonchev–Trinajstić information content (AvgIpc) is 2.46. The van der Waals surface area contributed by atoms with Crippen LogP contribution in [0.5, 0.6) is 0 Å². The van der Waals surface area contributed by atoms with Gasteiger partial charge in [0, 0.05) is 19.7 Å². The van der Waals surface area contributed by atoms with E-state index in [0.29, 0.717) is 18.1 Å². The van der Waals surface area contributed by atoms with Crippen LogP contribution in [0.1, 0.15) is 57.6 Å². The molecule has 2 unspecified atom stereocenters. The molecule has 2 atom stereocenters. The van der Waals surface area contributed by atoms with Gasteiger partial charge in [0.25, 0.3) is 0 Å². The number of hydrogen-bond donors (Lipinski definition) is 1. The minimum Gasteiger partial charge on any atom is -0.380 e. The molecule has 2 heteroatoms. The lowest BCUT2D eigenvalue weighted by molar-refractivity contribution is 0.130. The van der Waals surface area contributed by atoms with E-state index in [1.54, 1.807) is 7.11 Å². The van der Waals surface area contributed by atoms with Gasteiger partial charge >= 0.3 is 0 Å². The molecule has 2 rings (SSSR count). The Kier molecular flexibility index (Phi) is 5.83. The highest BCUT2D eigenvalue weighted by Gasteiger charge is 2.33. The number of nitrogens with one attached hydrogen (secondary N) is 1. The van der Waals surface area contributed by atoms with E-state index in [2.05, 4.69) is 50.4 Å². The first-order valence-electron chi connectivity index (χ1n) is 8.31. The summed E-state index contributed by atoms with van der Waals surface area (Å²) in [5.74, 6) is 0.779.